The topological polar surface area (TPSA) is 63.7 Å². The van der Waals surface area contributed by atoms with Gasteiger partial charge in [0.2, 0.25) is 15.3 Å². The first-order valence-electron chi connectivity index (χ1n) is 5.23. The lowest BCUT2D eigenvalue weighted by Crippen LogP contribution is -2.35. The van der Waals surface area contributed by atoms with Crippen LogP contribution in [-0.4, -0.2) is 33.1 Å². The Morgan fingerprint density at radius 3 is 2.28 bits per heavy atom. The maximum atomic E-state index is 11.9. The van der Waals surface area contributed by atoms with Crippen LogP contribution in [0.2, 0.25) is 0 Å². The summed E-state index contributed by atoms with van der Waals surface area (Å²) in [7, 11) is -2.03. The lowest BCUT2D eigenvalue weighted by atomic mass is 10.3. The van der Waals surface area contributed by atoms with Crippen LogP contribution in [0.1, 0.15) is 6.92 Å². The molecule has 0 fully saturated rings. The van der Waals surface area contributed by atoms with Crippen molar-refractivity contribution in [3.8, 4) is 5.75 Å². The minimum absolute atomic E-state index is 0.108. The van der Waals surface area contributed by atoms with E-state index in [9.17, 15) is 13.2 Å². The monoisotopic (exact) mass is 291 g/mol. The summed E-state index contributed by atoms with van der Waals surface area (Å²) in [6.45, 7) is 1.12. The number of benzene rings is 1. The van der Waals surface area contributed by atoms with E-state index >= 15 is 0 Å². The molecule has 1 aromatic carbocycles. The van der Waals surface area contributed by atoms with Crippen LogP contribution in [0.25, 0.3) is 0 Å². The van der Waals surface area contributed by atoms with Gasteiger partial charge in [-0.15, -0.1) is 0 Å². The minimum atomic E-state index is -3.54. The van der Waals surface area contributed by atoms with Crippen molar-refractivity contribution in [3.63, 3.8) is 0 Å². The summed E-state index contributed by atoms with van der Waals surface area (Å²) in [5, 5.41) is -0.733. The van der Waals surface area contributed by atoms with Gasteiger partial charge in [0.1, 0.15) is 12.3 Å². The molecule has 100 valence electrons. The van der Waals surface area contributed by atoms with Gasteiger partial charge in [-0.25, -0.2) is 8.42 Å². The molecule has 0 saturated carbocycles. The van der Waals surface area contributed by atoms with Crippen LogP contribution in [0, 0.1) is 0 Å². The number of hydrogen-bond acceptors (Lipinski definition) is 4. The Morgan fingerprint density at radius 2 is 1.89 bits per heavy atom. The average molecular weight is 292 g/mol. The number of sulfonamides is 1. The van der Waals surface area contributed by atoms with Crippen molar-refractivity contribution in [2.45, 2.75) is 6.92 Å². The number of carbonyl (C=O) groups is 1. The quantitative estimate of drug-likeness (QED) is 0.747. The molecule has 1 rings (SSSR count). The normalized spacial score (nSPS) is 11.1. The second-order valence-electron chi connectivity index (χ2n) is 3.46. The molecule has 0 bridgehead atoms. The molecule has 0 aliphatic carbocycles. The molecule has 18 heavy (non-hydrogen) atoms. The van der Waals surface area contributed by atoms with Crippen molar-refractivity contribution < 1.29 is 17.9 Å². The molecule has 0 heterocycles. The smallest absolute Gasteiger partial charge is 0.242 e. The molecular formula is C11H14ClNO4S. The van der Waals surface area contributed by atoms with Gasteiger partial charge < -0.3 is 4.74 Å². The van der Waals surface area contributed by atoms with Gasteiger partial charge in [-0.2, -0.15) is 0 Å². The van der Waals surface area contributed by atoms with E-state index in [0.29, 0.717) is 11.4 Å². The number of halogens is 1. The predicted molar refractivity (Wildman–Crippen MR) is 70.7 cm³/mol. The number of hydrogen-bond donors (Lipinski definition) is 0. The molecule has 0 unspecified atom stereocenters. The van der Waals surface area contributed by atoms with Crippen molar-refractivity contribution in [1.82, 2.24) is 0 Å². The highest BCUT2D eigenvalue weighted by atomic mass is 35.5. The van der Waals surface area contributed by atoms with Crippen LogP contribution in [0.3, 0.4) is 0 Å². The van der Waals surface area contributed by atoms with Crippen molar-refractivity contribution >= 4 is 32.6 Å². The van der Waals surface area contributed by atoms with Crippen LogP contribution in [-0.2, 0) is 14.8 Å². The van der Waals surface area contributed by atoms with E-state index in [0.717, 1.165) is 4.31 Å². The summed E-state index contributed by atoms with van der Waals surface area (Å²) in [5.41, 5.74) is 0.381. The molecule has 0 aliphatic heterocycles. The van der Waals surface area contributed by atoms with Crippen LogP contribution < -0.4 is 9.04 Å². The van der Waals surface area contributed by atoms with Crippen molar-refractivity contribution in [3.05, 3.63) is 24.3 Å². The zero-order valence-electron chi connectivity index (χ0n) is 10.1. The molecule has 0 amide bonds. The second-order valence-corrected chi connectivity index (χ2v) is 6.06. The van der Waals surface area contributed by atoms with E-state index in [4.69, 9.17) is 16.3 Å². The van der Waals surface area contributed by atoms with Crippen molar-refractivity contribution in [1.29, 1.82) is 0 Å². The third-order valence-electron chi connectivity index (χ3n) is 2.33. The van der Waals surface area contributed by atoms with E-state index in [2.05, 4.69) is 0 Å². The zero-order valence-corrected chi connectivity index (χ0v) is 11.7. The molecule has 7 heteroatoms. The Hall–Kier alpha value is -1.27. The van der Waals surface area contributed by atoms with Gasteiger partial charge in [0.05, 0.1) is 18.6 Å². The first kappa shape index (κ1) is 14.8. The Morgan fingerprint density at radius 1 is 1.33 bits per heavy atom. The number of rotatable bonds is 6. The molecule has 1 aromatic rings. The first-order valence-corrected chi connectivity index (χ1v) is 7.22. The molecule has 0 N–H and O–H groups in total. The van der Waals surface area contributed by atoms with E-state index < -0.39 is 15.3 Å². The van der Waals surface area contributed by atoms with Gasteiger partial charge in [-0.3, -0.25) is 9.10 Å². The molecule has 0 atom stereocenters. The minimum Gasteiger partial charge on any atom is -0.497 e. The molecule has 0 spiro atoms. The Bertz CT molecular complexity index is 512. The van der Waals surface area contributed by atoms with Gasteiger partial charge >= 0.3 is 0 Å². The Kier molecular flexibility index (Phi) is 4.98. The fourth-order valence-electron chi connectivity index (χ4n) is 1.37. The van der Waals surface area contributed by atoms with E-state index in [1.807, 2.05) is 0 Å². The van der Waals surface area contributed by atoms with E-state index in [-0.39, 0.29) is 12.3 Å². The van der Waals surface area contributed by atoms with E-state index in [1.165, 1.54) is 14.0 Å². The van der Waals surface area contributed by atoms with Crippen LogP contribution >= 0.6 is 11.6 Å². The van der Waals surface area contributed by atoms with Crippen LogP contribution in [0.15, 0.2) is 24.3 Å². The molecule has 0 radical (unpaired) electrons. The SMILES string of the molecule is CCS(=O)(=O)N(CC(=O)Cl)c1ccc(OC)cc1. The van der Waals surface area contributed by atoms with Gasteiger partial charge in [0, 0.05) is 0 Å². The maximum absolute atomic E-state index is 11.9. The summed E-state index contributed by atoms with van der Waals surface area (Å²) in [4.78, 5) is 10.9. The number of methoxy groups -OCH3 is 1. The van der Waals surface area contributed by atoms with Gasteiger partial charge in [0.15, 0.2) is 0 Å². The standard InChI is InChI=1S/C11H14ClNO4S/c1-3-18(15,16)13(8-11(12)14)9-4-6-10(17-2)7-5-9/h4-7H,3,8H2,1-2H3. The van der Waals surface area contributed by atoms with Crippen LogP contribution in [0.4, 0.5) is 5.69 Å². The summed E-state index contributed by atoms with van der Waals surface area (Å²) >= 11 is 5.27. The average Bonchev–Trinajstić information content (AvgIpc) is 2.36. The molecule has 0 saturated heterocycles. The summed E-state index contributed by atoms with van der Waals surface area (Å²) in [6.07, 6.45) is 0. The molecular weight excluding hydrogens is 278 g/mol. The largest absolute Gasteiger partial charge is 0.497 e. The summed E-state index contributed by atoms with van der Waals surface area (Å²) in [5.74, 6) is 0.494. The van der Waals surface area contributed by atoms with Gasteiger partial charge in [0.25, 0.3) is 0 Å². The van der Waals surface area contributed by atoms with Gasteiger partial charge in [-0.1, -0.05) is 0 Å². The third kappa shape index (κ3) is 3.61. The fraction of sp³-hybridized carbons (Fsp3) is 0.364. The van der Waals surface area contributed by atoms with Crippen molar-refractivity contribution in [2.75, 3.05) is 23.7 Å². The van der Waals surface area contributed by atoms with Crippen LogP contribution in [0.5, 0.6) is 5.75 Å². The summed E-state index contributed by atoms with van der Waals surface area (Å²) < 4.78 is 29.7. The lowest BCUT2D eigenvalue weighted by molar-refractivity contribution is -0.110. The highest BCUT2D eigenvalue weighted by Gasteiger charge is 2.22. The predicted octanol–water partition coefficient (Wildman–Crippen LogP) is 1.62. The lowest BCUT2D eigenvalue weighted by Gasteiger charge is -2.22. The molecule has 0 aliphatic rings. The Labute approximate surface area is 111 Å². The zero-order chi connectivity index (χ0) is 13.8. The fourth-order valence-corrected chi connectivity index (χ4v) is 2.63. The molecule has 0 aromatic heterocycles. The highest BCUT2D eigenvalue weighted by Crippen LogP contribution is 2.22. The van der Waals surface area contributed by atoms with Crippen molar-refractivity contribution in [2.24, 2.45) is 0 Å². The number of anilines is 1. The number of carbonyl (C=O) groups excluding carboxylic acids is 1. The van der Waals surface area contributed by atoms with E-state index in [1.54, 1.807) is 24.3 Å². The number of ether oxygens (including phenoxy) is 1. The maximum Gasteiger partial charge on any atom is 0.242 e. The van der Waals surface area contributed by atoms with Gasteiger partial charge in [-0.05, 0) is 42.8 Å². The summed E-state index contributed by atoms with van der Waals surface area (Å²) in [6, 6.07) is 6.36. The highest BCUT2D eigenvalue weighted by molar-refractivity contribution is 7.92. The first-order chi connectivity index (χ1) is 8.40. The third-order valence-corrected chi connectivity index (χ3v) is 4.19. The Balaban J connectivity index is 3.13. The number of nitrogens with zero attached hydrogens (tertiary/aromatic N) is 1. The second kappa shape index (κ2) is 6.06. The molecule has 5 nitrogen and oxygen atoms in total.